The number of thiazole rings is 1. The first-order valence-corrected chi connectivity index (χ1v) is 13.7. The van der Waals surface area contributed by atoms with Crippen molar-refractivity contribution in [1.82, 2.24) is 14.5 Å². The Morgan fingerprint density at radius 3 is 2.66 bits per heavy atom. The molecule has 2 aromatic heterocycles. The highest BCUT2D eigenvalue weighted by molar-refractivity contribution is 7.15. The van der Waals surface area contributed by atoms with Gasteiger partial charge in [0.05, 0.1) is 34.7 Å². The summed E-state index contributed by atoms with van der Waals surface area (Å²) in [5.41, 5.74) is 5.03. The van der Waals surface area contributed by atoms with Gasteiger partial charge in [0, 0.05) is 30.4 Å². The van der Waals surface area contributed by atoms with Crippen molar-refractivity contribution >= 4 is 46.9 Å². The Hall–Kier alpha value is -3.72. The van der Waals surface area contributed by atoms with E-state index in [1.54, 1.807) is 31.6 Å². The number of amidine groups is 2. The van der Waals surface area contributed by atoms with Crippen molar-refractivity contribution < 1.29 is 4.74 Å². The van der Waals surface area contributed by atoms with E-state index in [-0.39, 0.29) is 5.84 Å². The van der Waals surface area contributed by atoms with E-state index in [4.69, 9.17) is 20.5 Å². The summed E-state index contributed by atoms with van der Waals surface area (Å²) in [6, 6.07) is 8.22. The van der Waals surface area contributed by atoms with Crippen LogP contribution in [0.3, 0.4) is 0 Å². The number of nitrogens with one attached hydrogen (secondary N) is 3. The first kappa shape index (κ1) is 27.3. The molecule has 0 spiro atoms. The molecular weight excluding hydrogens is 494 g/mol. The van der Waals surface area contributed by atoms with E-state index in [1.165, 1.54) is 27.5 Å². The number of aliphatic imine (C=N–C) groups is 1. The highest BCUT2D eigenvalue weighted by Crippen LogP contribution is 2.44. The zero-order chi connectivity index (χ0) is 27.4. The van der Waals surface area contributed by atoms with E-state index in [2.05, 4.69) is 40.9 Å². The molecule has 8 nitrogen and oxygen atoms in total. The number of hydrogen-bond donors (Lipinski definition) is 3. The van der Waals surface area contributed by atoms with Crippen LogP contribution in [0.1, 0.15) is 68.6 Å². The van der Waals surface area contributed by atoms with Crippen LogP contribution in [-0.4, -0.2) is 46.6 Å². The lowest BCUT2D eigenvalue weighted by atomic mass is 9.92. The van der Waals surface area contributed by atoms with Gasteiger partial charge in [0.1, 0.15) is 23.2 Å². The van der Waals surface area contributed by atoms with E-state index in [9.17, 15) is 0 Å². The molecular formula is C29H37N7OS. The topological polar surface area (TPSA) is 102 Å². The molecule has 1 fully saturated rings. The molecule has 1 aromatic carbocycles. The Bertz CT molecular complexity index is 1390. The largest absolute Gasteiger partial charge is 0.495 e. The fraction of sp³-hybridized carbons (Fsp3) is 0.379. The Labute approximate surface area is 229 Å². The van der Waals surface area contributed by atoms with E-state index in [0.717, 1.165) is 53.5 Å². The van der Waals surface area contributed by atoms with Crippen LogP contribution >= 0.6 is 11.3 Å². The van der Waals surface area contributed by atoms with Crippen LogP contribution in [0.15, 0.2) is 41.0 Å². The fourth-order valence-electron chi connectivity index (χ4n) is 4.40. The second-order valence-corrected chi connectivity index (χ2v) is 10.9. The summed E-state index contributed by atoms with van der Waals surface area (Å²) in [5, 5.41) is 20.2. The first-order chi connectivity index (χ1) is 18.2. The van der Waals surface area contributed by atoms with Crippen molar-refractivity contribution in [2.45, 2.75) is 59.4 Å². The Morgan fingerprint density at radius 2 is 2.08 bits per heavy atom. The SMILES string of the molecule is CCC(C)=Cc1cc(-c2cnc(C)s2)n(C2CCC2)c1/N=C(\C)Nc1ccc(C(=N)N(C)C=N)cc1OC. The molecule has 3 aromatic rings. The molecule has 9 heteroatoms. The second kappa shape index (κ2) is 11.8. The number of benzene rings is 1. The Balaban J connectivity index is 1.76. The molecule has 0 unspecified atom stereocenters. The molecule has 1 aliphatic carbocycles. The molecule has 38 heavy (non-hydrogen) atoms. The number of hydrogen-bond acceptors (Lipinski definition) is 6. The Morgan fingerprint density at radius 1 is 1.32 bits per heavy atom. The van der Waals surface area contributed by atoms with Gasteiger partial charge < -0.3 is 19.5 Å². The predicted octanol–water partition coefficient (Wildman–Crippen LogP) is 7.49. The summed E-state index contributed by atoms with van der Waals surface area (Å²) in [6.45, 7) is 8.35. The first-order valence-electron chi connectivity index (χ1n) is 12.9. The zero-order valence-electron chi connectivity index (χ0n) is 23.1. The molecule has 0 aliphatic heterocycles. The smallest absolute Gasteiger partial charge is 0.143 e. The minimum atomic E-state index is 0.224. The van der Waals surface area contributed by atoms with Crippen molar-refractivity contribution in [2.24, 2.45) is 4.99 Å². The second-order valence-electron chi connectivity index (χ2n) is 9.68. The number of aryl methyl sites for hydroxylation is 1. The predicted molar refractivity (Wildman–Crippen MR) is 160 cm³/mol. The monoisotopic (exact) mass is 531 g/mol. The van der Waals surface area contributed by atoms with Crippen LogP contribution in [-0.2, 0) is 0 Å². The third kappa shape index (κ3) is 5.72. The van der Waals surface area contributed by atoms with E-state index in [0.29, 0.717) is 17.4 Å². The summed E-state index contributed by atoms with van der Waals surface area (Å²) in [5.74, 6) is 2.54. The van der Waals surface area contributed by atoms with E-state index >= 15 is 0 Å². The average Bonchev–Trinajstić information content (AvgIpc) is 3.45. The third-order valence-corrected chi connectivity index (χ3v) is 7.86. The summed E-state index contributed by atoms with van der Waals surface area (Å²) < 4.78 is 8.04. The molecule has 3 N–H and O–H groups in total. The lowest BCUT2D eigenvalue weighted by Gasteiger charge is -2.30. The molecule has 2 heterocycles. The molecule has 0 saturated heterocycles. The van der Waals surface area contributed by atoms with Gasteiger partial charge in [-0.05, 0) is 70.7 Å². The maximum Gasteiger partial charge on any atom is 0.143 e. The Kier molecular flexibility index (Phi) is 8.46. The highest BCUT2D eigenvalue weighted by atomic mass is 32.1. The van der Waals surface area contributed by atoms with Gasteiger partial charge in [-0.3, -0.25) is 10.8 Å². The number of methoxy groups -OCH3 is 1. The number of allylic oxidation sites excluding steroid dienone is 1. The standard InChI is InChI=1S/C29H37N7OS/c1-7-18(2)13-22-14-25(27-16-32-20(4)38-27)36(23-9-8-10-23)29(22)34-19(3)33-24-12-11-21(15-26(24)37-6)28(31)35(5)17-30/h11-17,23,30-31H,7-10H2,1-6H3,(H,33,34). The van der Waals surface area contributed by atoms with Crippen molar-refractivity contribution in [2.75, 3.05) is 19.5 Å². The van der Waals surface area contributed by atoms with Crippen LogP contribution in [0, 0.1) is 17.7 Å². The lowest BCUT2D eigenvalue weighted by Crippen LogP contribution is -2.24. The summed E-state index contributed by atoms with van der Waals surface area (Å²) in [4.78, 5) is 12.3. The van der Waals surface area contributed by atoms with Gasteiger partial charge in [0.15, 0.2) is 0 Å². The van der Waals surface area contributed by atoms with E-state index < -0.39 is 0 Å². The number of ether oxygens (including phenoxy) is 1. The normalized spacial score (nSPS) is 14.3. The van der Waals surface area contributed by atoms with Gasteiger partial charge >= 0.3 is 0 Å². The highest BCUT2D eigenvalue weighted by Gasteiger charge is 2.27. The molecule has 0 radical (unpaired) electrons. The minimum Gasteiger partial charge on any atom is -0.495 e. The molecule has 200 valence electrons. The van der Waals surface area contributed by atoms with Gasteiger partial charge in [-0.25, -0.2) is 9.98 Å². The lowest BCUT2D eigenvalue weighted by molar-refractivity contribution is 0.319. The summed E-state index contributed by atoms with van der Waals surface area (Å²) in [6.07, 6.45) is 9.85. The van der Waals surface area contributed by atoms with Crippen LogP contribution in [0.5, 0.6) is 5.75 Å². The molecule has 4 rings (SSSR count). The van der Waals surface area contributed by atoms with Gasteiger partial charge in [0.2, 0.25) is 0 Å². The summed E-state index contributed by atoms with van der Waals surface area (Å²) in [7, 11) is 3.29. The fourth-order valence-corrected chi connectivity index (χ4v) is 5.19. The molecule has 1 saturated carbocycles. The average molecular weight is 532 g/mol. The van der Waals surface area contributed by atoms with Gasteiger partial charge in [-0.2, -0.15) is 0 Å². The van der Waals surface area contributed by atoms with E-state index in [1.807, 2.05) is 32.2 Å². The molecule has 1 aliphatic rings. The van der Waals surface area contributed by atoms with Crippen molar-refractivity contribution in [1.29, 1.82) is 10.8 Å². The zero-order valence-corrected chi connectivity index (χ0v) is 23.9. The number of aromatic nitrogens is 2. The molecule has 0 atom stereocenters. The third-order valence-electron chi connectivity index (χ3n) is 6.92. The van der Waals surface area contributed by atoms with Crippen LogP contribution in [0.2, 0.25) is 0 Å². The van der Waals surface area contributed by atoms with Crippen LogP contribution < -0.4 is 10.1 Å². The van der Waals surface area contributed by atoms with Gasteiger partial charge in [0.25, 0.3) is 0 Å². The maximum atomic E-state index is 8.29. The van der Waals surface area contributed by atoms with Gasteiger partial charge in [-0.15, -0.1) is 11.3 Å². The maximum absolute atomic E-state index is 8.29. The van der Waals surface area contributed by atoms with Crippen LogP contribution in [0.4, 0.5) is 11.5 Å². The molecule has 0 amide bonds. The van der Waals surface area contributed by atoms with Crippen molar-refractivity contribution in [3.05, 3.63) is 52.2 Å². The number of nitrogens with zero attached hydrogens (tertiary/aromatic N) is 4. The van der Waals surface area contributed by atoms with Crippen molar-refractivity contribution in [3.8, 4) is 16.3 Å². The summed E-state index contributed by atoms with van der Waals surface area (Å²) >= 11 is 1.72. The van der Waals surface area contributed by atoms with Gasteiger partial charge in [-0.1, -0.05) is 18.6 Å². The van der Waals surface area contributed by atoms with Crippen molar-refractivity contribution in [3.63, 3.8) is 0 Å². The number of anilines is 1. The van der Waals surface area contributed by atoms with Crippen LogP contribution in [0.25, 0.3) is 16.6 Å². The molecule has 0 bridgehead atoms. The quantitative estimate of drug-likeness (QED) is 0.197. The minimum absolute atomic E-state index is 0.224. The number of rotatable bonds is 9.